The lowest BCUT2D eigenvalue weighted by molar-refractivity contribution is 0.100. The van der Waals surface area contributed by atoms with Crippen LogP contribution in [0.3, 0.4) is 0 Å². The highest BCUT2D eigenvalue weighted by Gasteiger charge is 2.16. The van der Waals surface area contributed by atoms with Crippen molar-refractivity contribution < 1.29 is 9.00 Å². The Morgan fingerprint density at radius 3 is 2.56 bits per heavy atom. The minimum absolute atomic E-state index is 0.427. The van der Waals surface area contributed by atoms with E-state index in [1.807, 2.05) is 6.07 Å². The van der Waals surface area contributed by atoms with Crippen molar-refractivity contribution in [1.82, 2.24) is 4.90 Å². The highest BCUT2D eigenvalue weighted by molar-refractivity contribution is 7.85. The molecule has 1 aromatic carbocycles. The number of carbonyl (C=O) groups excluding carboxylic acids is 1. The predicted octanol–water partition coefficient (Wildman–Crippen LogP) is -0.0680. The molecule has 0 atom stereocenters. The summed E-state index contributed by atoms with van der Waals surface area (Å²) in [7, 11) is -0.668. The third-order valence-electron chi connectivity index (χ3n) is 3.09. The zero-order chi connectivity index (χ0) is 13.1. The number of benzene rings is 1. The lowest BCUT2D eigenvalue weighted by Gasteiger charge is -2.26. The van der Waals surface area contributed by atoms with Gasteiger partial charge in [-0.15, -0.1) is 0 Å². The number of hydrogen-bond donors (Lipinski definition) is 2. The second kappa shape index (κ2) is 5.49. The van der Waals surface area contributed by atoms with Gasteiger partial charge in [0, 0.05) is 53.2 Å². The van der Waals surface area contributed by atoms with Crippen LogP contribution in [0.1, 0.15) is 15.9 Å². The van der Waals surface area contributed by atoms with Crippen molar-refractivity contribution in [3.63, 3.8) is 0 Å². The Bertz CT molecular complexity index is 480. The van der Waals surface area contributed by atoms with Gasteiger partial charge in [0.2, 0.25) is 5.91 Å². The first kappa shape index (κ1) is 13.0. The van der Waals surface area contributed by atoms with E-state index in [-0.39, 0.29) is 0 Å². The molecule has 1 aliphatic heterocycles. The van der Waals surface area contributed by atoms with Crippen molar-refractivity contribution in [2.75, 3.05) is 30.3 Å². The molecule has 1 heterocycles. The van der Waals surface area contributed by atoms with Crippen molar-refractivity contribution in [2.45, 2.75) is 6.54 Å². The Labute approximate surface area is 109 Å². The lowest BCUT2D eigenvalue weighted by atomic mass is 10.1. The van der Waals surface area contributed by atoms with Crippen LogP contribution in [0, 0.1) is 0 Å². The first-order valence-electron chi connectivity index (χ1n) is 5.82. The fraction of sp³-hybridized carbons (Fsp3) is 0.417. The highest BCUT2D eigenvalue weighted by Crippen LogP contribution is 2.17. The molecular weight excluding hydrogens is 250 g/mol. The van der Waals surface area contributed by atoms with Crippen LogP contribution < -0.4 is 11.5 Å². The van der Waals surface area contributed by atoms with E-state index in [2.05, 4.69) is 4.90 Å². The van der Waals surface area contributed by atoms with E-state index >= 15 is 0 Å². The Balaban J connectivity index is 2.05. The SMILES string of the molecule is NC(=O)c1ccc(CN2CCS(=O)CC2)c(N)c1. The molecule has 0 radical (unpaired) electrons. The van der Waals surface area contributed by atoms with E-state index in [1.165, 1.54) is 0 Å². The number of hydrogen-bond acceptors (Lipinski definition) is 4. The quantitative estimate of drug-likeness (QED) is 0.750. The van der Waals surface area contributed by atoms with E-state index in [4.69, 9.17) is 11.5 Å². The van der Waals surface area contributed by atoms with Crippen LogP contribution in [-0.4, -0.2) is 39.6 Å². The third-order valence-corrected chi connectivity index (χ3v) is 4.37. The Morgan fingerprint density at radius 2 is 2.00 bits per heavy atom. The minimum Gasteiger partial charge on any atom is -0.398 e. The number of rotatable bonds is 3. The lowest BCUT2D eigenvalue weighted by Crippen LogP contribution is -2.37. The van der Waals surface area contributed by atoms with Crippen LogP contribution in [0.25, 0.3) is 0 Å². The molecule has 18 heavy (non-hydrogen) atoms. The third kappa shape index (κ3) is 3.08. The smallest absolute Gasteiger partial charge is 0.248 e. The number of nitrogens with two attached hydrogens (primary N) is 2. The topological polar surface area (TPSA) is 89.4 Å². The molecule has 1 saturated heterocycles. The molecule has 98 valence electrons. The maximum Gasteiger partial charge on any atom is 0.248 e. The van der Waals surface area contributed by atoms with E-state index in [0.29, 0.717) is 11.3 Å². The van der Waals surface area contributed by atoms with E-state index in [1.54, 1.807) is 12.1 Å². The summed E-state index contributed by atoms with van der Waals surface area (Å²) in [6.45, 7) is 2.37. The summed E-state index contributed by atoms with van der Waals surface area (Å²) < 4.78 is 11.3. The summed E-state index contributed by atoms with van der Waals surface area (Å²) in [4.78, 5) is 13.2. The van der Waals surface area contributed by atoms with Crippen LogP contribution in [0.15, 0.2) is 18.2 Å². The molecule has 1 amide bonds. The van der Waals surface area contributed by atoms with E-state index < -0.39 is 16.7 Å². The molecule has 0 spiro atoms. The molecule has 1 aliphatic rings. The summed E-state index contributed by atoms with van der Waals surface area (Å²) in [5.74, 6) is 0.972. The summed E-state index contributed by atoms with van der Waals surface area (Å²) in [5.41, 5.74) is 13.1. The fourth-order valence-corrected chi connectivity index (χ4v) is 3.09. The van der Waals surface area contributed by atoms with Gasteiger partial charge < -0.3 is 11.5 Å². The van der Waals surface area contributed by atoms with Gasteiger partial charge in [-0.3, -0.25) is 13.9 Å². The van der Waals surface area contributed by atoms with Crippen LogP contribution in [0.2, 0.25) is 0 Å². The number of nitrogen functional groups attached to an aromatic ring is 1. The second-order valence-corrected chi connectivity index (χ2v) is 6.10. The molecule has 0 aromatic heterocycles. The largest absolute Gasteiger partial charge is 0.398 e. The van der Waals surface area contributed by atoms with Crippen LogP contribution in [0.5, 0.6) is 0 Å². The molecule has 0 bridgehead atoms. The Kier molecular flexibility index (Phi) is 3.98. The summed E-state index contributed by atoms with van der Waals surface area (Å²) in [6.07, 6.45) is 0. The standard InChI is InChI=1S/C12H17N3O2S/c13-11-7-9(12(14)16)1-2-10(11)8-15-3-5-18(17)6-4-15/h1-2,7H,3-6,8,13H2,(H2,14,16). The molecule has 6 heteroatoms. The van der Waals surface area contributed by atoms with Gasteiger partial charge in [0.05, 0.1) is 0 Å². The predicted molar refractivity (Wildman–Crippen MR) is 72.5 cm³/mol. The normalized spacial score (nSPS) is 17.8. The van der Waals surface area contributed by atoms with Gasteiger partial charge in [-0.1, -0.05) is 6.07 Å². The second-order valence-electron chi connectivity index (χ2n) is 4.40. The van der Waals surface area contributed by atoms with Crippen molar-refractivity contribution in [1.29, 1.82) is 0 Å². The van der Waals surface area contributed by atoms with Crippen molar-refractivity contribution in [3.05, 3.63) is 29.3 Å². The highest BCUT2D eigenvalue weighted by atomic mass is 32.2. The molecule has 1 fully saturated rings. The van der Waals surface area contributed by atoms with Gasteiger partial charge in [-0.2, -0.15) is 0 Å². The van der Waals surface area contributed by atoms with Gasteiger partial charge in [-0.25, -0.2) is 0 Å². The Hall–Kier alpha value is -1.40. The maximum absolute atomic E-state index is 11.3. The minimum atomic E-state index is -0.668. The van der Waals surface area contributed by atoms with E-state index in [9.17, 15) is 9.00 Å². The Morgan fingerprint density at radius 1 is 1.33 bits per heavy atom. The molecule has 1 aromatic rings. The van der Waals surface area contributed by atoms with Crippen LogP contribution >= 0.6 is 0 Å². The maximum atomic E-state index is 11.3. The zero-order valence-electron chi connectivity index (χ0n) is 10.1. The van der Waals surface area contributed by atoms with Gasteiger partial charge in [0.1, 0.15) is 0 Å². The average Bonchev–Trinajstić information content (AvgIpc) is 2.34. The van der Waals surface area contributed by atoms with Crippen molar-refractivity contribution >= 4 is 22.4 Å². The zero-order valence-corrected chi connectivity index (χ0v) is 10.9. The summed E-state index contributed by atoms with van der Waals surface area (Å²) >= 11 is 0. The van der Waals surface area contributed by atoms with Crippen LogP contribution in [0.4, 0.5) is 5.69 Å². The van der Waals surface area contributed by atoms with Crippen LogP contribution in [-0.2, 0) is 17.3 Å². The number of carbonyl (C=O) groups is 1. The average molecular weight is 267 g/mol. The van der Waals surface area contributed by atoms with E-state index in [0.717, 1.165) is 36.7 Å². The molecule has 0 aliphatic carbocycles. The van der Waals surface area contributed by atoms with Gasteiger partial charge in [0.15, 0.2) is 0 Å². The fourth-order valence-electron chi connectivity index (χ4n) is 1.97. The first-order valence-corrected chi connectivity index (χ1v) is 7.30. The molecule has 2 rings (SSSR count). The van der Waals surface area contributed by atoms with Crippen molar-refractivity contribution in [2.24, 2.45) is 5.73 Å². The molecule has 0 unspecified atom stereocenters. The number of anilines is 1. The number of amides is 1. The summed E-state index contributed by atoms with van der Waals surface area (Å²) in [6, 6.07) is 5.14. The number of primary amides is 1. The monoisotopic (exact) mass is 267 g/mol. The molecule has 0 saturated carbocycles. The van der Waals surface area contributed by atoms with Gasteiger partial charge in [-0.05, 0) is 17.7 Å². The van der Waals surface area contributed by atoms with Gasteiger partial charge in [0.25, 0.3) is 0 Å². The van der Waals surface area contributed by atoms with Crippen molar-refractivity contribution in [3.8, 4) is 0 Å². The molecular formula is C12H17N3O2S. The number of nitrogens with zero attached hydrogens (tertiary/aromatic N) is 1. The first-order chi connectivity index (χ1) is 8.56. The molecule has 5 nitrogen and oxygen atoms in total. The molecule has 4 N–H and O–H groups in total. The van der Waals surface area contributed by atoms with Gasteiger partial charge >= 0.3 is 0 Å². The summed E-state index contributed by atoms with van der Waals surface area (Å²) in [5, 5.41) is 0.